The Kier molecular flexibility index (Phi) is 6.82. The Morgan fingerprint density at radius 1 is 0.844 bits per heavy atom. The Morgan fingerprint density at radius 2 is 1.47 bits per heavy atom. The van der Waals surface area contributed by atoms with Crippen LogP contribution in [0.4, 0.5) is 5.69 Å². The Hall–Kier alpha value is -3.64. The van der Waals surface area contributed by atoms with Gasteiger partial charge in [-0.05, 0) is 55.8 Å². The number of aryl methyl sites for hydroxylation is 2. The molecule has 1 amide bonds. The van der Waals surface area contributed by atoms with Gasteiger partial charge in [-0.3, -0.25) is 4.79 Å². The highest BCUT2D eigenvalue weighted by Crippen LogP contribution is 2.23. The lowest BCUT2D eigenvalue weighted by molar-refractivity contribution is 0.103. The highest BCUT2D eigenvalue weighted by molar-refractivity contribution is 7.13. The molecular formula is C26H24N2O3S. The van der Waals surface area contributed by atoms with Gasteiger partial charge in [0, 0.05) is 5.69 Å². The van der Waals surface area contributed by atoms with E-state index in [9.17, 15) is 4.79 Å². The number of anilines is 1. The molecule has 1 heterocycles. The van der Waals surface area contributed by atoms with Crippen LogP contribution >= 0.6 is 11.3 Å². The second-order valence-corrected chi connectivity index (χ2v) is 8.46. The monoisotopic (exact) mass is 444 g/mol. The highest BCUT2D eigenvalue weighted by atomic mass is 32.1. The minimum atomic E-state index is -0.181. The molecule has 1 aromatic heterocycles. The Labute approximate surface area is 191 Å². The minimum absolute atomic E-state index is 0.181. The zero-order chi connectivity index (χ0) is 22.3. The maximum Gasteiger partial charge on any atom is 0.267 e. The van der Waals surface area contributed by atoms with Gasteiger partial charge in [-0.25, -0.2) is 4.98 Å². The van der Waals surface area contributed by atoms with Gasteiger partial charge in [-0.15, -0.1) is 11.3 Å². The van der Waals surface area contributed by atoms with Crippen molar-refractivity contribution in [2.75, 3.05) is 5.32 Å². The van der Waals surface area contributed by atoms with E-state index < -0.39 is 0 Å². The largest absolute Gasteiger partial charge is 0.489 e. The lowest BCUT2D eigenvalue weighted by Gasteiger charge is -2.08. The first-order valence-electron chi connectivity index (χ1n) is 10.3. The van der Waals surface area contributed by atoms with Crippen molar-refractivity contribution in [2.45, 2.75) is 27.1 Å². The van der Waals surface area contributed by atoms with Crippen molar-refractivity contribution in [3.63, 3.8) is 0 Å². The van der Waals surface area contributed by atoms with E-state index in [0.29, 0.717) is 29.5 Å². The van der Waals surface area contributed by atoms with E-state index >= 15 is 0 Å². The van der Waals surface area contributed by atoms with Crippen LogP contribution in [-0.4, -0.2) is 10.9 Å². The van der Waals surface area contributed by atoms with E-state index in [4.69, 9.17) is 9.47 Å². The van der Waals surface area contributed by atoms with E-state index in [1.807, 2.05) is 92.7 Å². The van der Waals surface area contributed by atoms with Gasteiger partial charge in [-0.2, -0.15) is 0 Å². The van der Waals surface area contributed by atoms with Crippen LogP contribution in [0.15, 0.2) is 78.9 Å². The van der Waals surface area contributed by atoms with E-state index in [0.717, 1.165) is 22.1 Å². The third-order valence-corrected chi connectivity index (χ3v) is 5.92. The summed E-state index contributed by atoms with van der Waals surface area (Å²) in [5.74, 6) is 1.35. The van der Waals surface area contributed by atoms with Gasteiger partial charge in [0.2, 0.25) is 0 Å². The second-order valence-electron chi connectivity index (χ2n) is 7.38. The fourth-order valence-electron chi connectivity index (χ4n) is 3.07. The number of nitrogens with zero attached hydrogens (tertiary/aromatic N) is 1. The SMILES string of the molecule is Cc1ccc(OCc2nc(C)c(C(=O)Nc3ccc(OCc4ccccc4)cc3)s2)cc1. The zero-order valence-corrected chi connectivity index (χ0v) is 18.8. The van der Waals surface area contributed by atoms with Gasteiger partial charge in [0.05, 0.1) is 5.69 Å². The molecule has 0 radical (unpaired) electrons. The van der Waals surface area contributed by atoms with Crippen molar-refractivity contribution in [3.8, 4) is 11.5 Å². The number of carbonyl (C=O) groups is 1. The number of hydrogen-bond acceptors (Lipinski definition) is 5. The molecule has 0 atom stereocenters. The van der Waals surface area contributed by atoms with Crippen molar-refractivity contribution < 1.29 is 14.3 Å². The summed E-state index contributed by atoms with van der Waals surface area (Å²) in [5.41, 5.74) is 3.68. The van der Waals surface area contributed by atoms with Gasteiger partial charge in [0.15, 0.2) is 0 Å². The molecule has 4 rings (SSSR count). The molecule has 6 heteroatoms. The molecule has 0 fully saturated rings. The molecular weight excluding hydrogens is 420 g/mol. The standard InChI is InChI=1S/C26H24N2O3S/c1-18-8-12-22(13-9-18)31-17-24-27-19(2)25(32-24)26(29)28-21-10-14-23(15-11-21)30-16-20-6-4-3-5-7-20/h3-15H,16-17H2,1-2H3,(H,28,29). The van der Waals surface area contributed by atoms with Crippen LogP contribution in [0, 0.1) is 13.8 Å². The number of amides is 1. The first kappa shape index (κ1) is 21.6. The van der Waals surface area contributed by atoms with E-state index in [1.54, 1.807) is 0 Å². The van der Waals surface area contributed by atoms with Crippen molar-refractivity contribution in [1.29, 1.82) is 0 Å². The number of ether oxygens (including phenoxy) is 2. The smallest absolute Gasteiger partial charge is 0.267 e. The average Bonchev–Trinajstić information content (AvgIpc) is 3.19. The van der Waals surface area contributed by atoms with Gasteiger partial charge in [-0.1, -0.05) is 48.0 Å². The molecule has 0 aliphatic carbocycles. The molecule has 162 valence electrons. The minimum Gasteiger partial charge on any atom is -0.489 e. The van der Waals surface area contributed by atoms with Crippen LogP contribution in [0.2, 0.25) is 0 Å². The predicted octanol–water partition coefficient (Wildman–Crippen LogP) is 6.17. The molecule has 3 aromatic carbocycles. The van der Waals surface area contributed by atoms with Crippen molar-refractivity contribution in [2.24, 2.45) is 0 Å². The molecule has 4 aromatic rings. The predicted molar refractivity (Wildman–Crippen MR) is 128 cm³/mol. The van der Waals surface area contributed by atoms with Gasteiger partial charge < -0.3 is 14.8 Å². The summed E-state index contributed by atoms with van der Waals surface area (Å²) in [4.78, 5) is 17.8. The number of hydrogen-bond donors (Lipinski definition) is 1. The van der Waals surface area contributed by atoms with Gasteiger partial charge >= 0.3 is 0 Å². The summed E-state index contributed by atoms with van der Waals surface area (Å²) in [6.07, 6.45) is 0. The van der Waals surface area contributed by atoms with Crippen molar-refractivity contribution in [3.05, 3.63) is 106 Å². The van der Waals surface area contributed by atoms with Crippen LogP contribution in [-0.2, 0) is 13.2 Å². The Balaban J connectivity index is 1.32. The normalized spacial score (nSPS) is 10.6. The van der Waals surface area contributed by atoms with Crippen LogP contribution < -0.4 is 14.8 Å². The van der Waals surface area contributed by atoms with Crippen LogP contribution in [0.25, 0.3) is 0 Å². The van der Waals surface area contributed by atoms with E-state index in [1.165, 1.54) is 16.9 Å². The molecule has 0 spiro atoms. The maximum atomic E-state index is 12.7. The van der Waals surface area contributed by atoms with E-state index in [-0.39, 0.29) is 5.91 Å². The quantitative estimate of drug-likeness (QED) is 0.353. The molecule has 0 aliphatic rings. The van der Waals surface area contributed by atoms with E-state index in [2.05, 4.69) is 10.3 Å². The molecule has 0 aliphatic heterocycles. The first-order valence-corrected chi connectivity index (χ1v) is 11.1. The number of thiazole rings is 1. The number of nitrogens with one attached hydrogen (secondary N) is 1. The average molecular weight is 445 g/mol. The zero-order valence-electron chi connectivity index (χ0n) is 18.0. The lowest BCUT2D eigenvalue weighted by Crippen LogP contribution is -2.11. The first-order chi connectivity index (χ1) is 15.6. The number of benzene rings is 3. The third kappa shape index (κ3) is 5.74. The van der Waals surface area contributed by atoms with Crippen molar-refractivity contribution in [1.82, 2.24) is 4.98 Å². The summed E-state index contributed by atoms with van der Waals surface area (Å²) in [6.45, 7) is 4.70. The number of rotatable bonds is 8. The maximum absolute atomic E-state index is 12.7. The molecule has 32 heavy (non-hydrogen) atoms. The van der Waals surface area contributed by atoms with Gasteiger partial charge in [0.1, 0.15) is 34.6 Å². The third-order valence-electron chi connectivity index (χ3n) is 4.79. The molecule has 0 unspecified atom stereocenters. The van der Waals surface area contributed by atoms with Crippen LogP contribution in [0.1, 0.15) is 31.5 Å². The number of carbonyl (C=O) groups excluding carboxylic acids is 1. The highest BCUT2D eigenvalue weighted by Gasteiger charge is 2.16. The molecule has 0 saturated heterocycles. The molecule has 1 N–H and O–H groups in total. The molecule has 5 nitrogen and oxygen atoms in total. The number of aromatic nitrogens is 1. The second kappa shape index (κ2) is 10.1. The fraction of sp³-hybridized carbons (Fsp3) is 0.154. The fourth-order valence-corrected chi connectivity index (χ4v) is 3.94. The molecule has 0 saturated carbocycles. The van der Waals surface area contributed by atoms with Gasteiger partial charge in [0.25, 0.3) is 5.91 Å². The van der Waals surface area contributed by atoms with Crippen molar-refractivity contribution >= 4 is 22.9 Å². The molecule has 0 bridgehead atoms. The summed E-state index contributed by atoms with van der Waals surface area (Å²) in [7, 11) is 0. The summed E-state index contributed by atoms with van der Waals surface area (Å²) < 4.78 is 11.6. The Bertz CT molecular complexity index is 1170. The lowest BCUT2D eigenvalue weighted by atomic mass is 10.2. The topological polar surface area (TPSA) is 60.5 Å². The Morgan fingerprint density at radius 3 is 2.16 bits per heavy atom. The summed E-state index contributed by atoms with van der Waals surface area (Å²) >= 11 is 1.35. The van der Waals surface area contributed by atoms with Crippen LogP contribution in [0.5, 0.6) is 11.5 Å². The van der Waals surface area contributed by atoms with Crippen LogP contribution in [0.3, 0.4) is 0 Å². The summed E-state index contributed by atoms with van der Waals surface area (Å²) in [5, 5.41) is 3.69. The summed E-state index contributed by atoms with van der Waals surface area (Å²) in [6, 6.07) is 25.2.